The zero-order valence-electron chi connectivity index (χ0n) is 49.7. The van der Waals surface area contributed by atoms with Gasteiger partial charge >= 0.3 is 0 Å². The van der Waals surface area contributed by atoms with E-state index in [4.69, 9.17) is 0 Å². The van der Waals surface area contributed by atoms with Gasteiger partial charge in [-0.15, -0.1) is 0 Å². The summed E-state index contributed by atoms with van der Waals surface area (Å²) < 4.78 is 83.4. The second-order valence-corrected chi connectivity index (χ2v) is 27.0. The summed E-state index contributed by atoms with van der Waals surface area (Å²) in [6.07, 6.45) is 0. The molecule has 0 radical (unpaired) electrons. The van der Waals surface area contributed by atoms with Crippen LogP contribution in [0.25, 0.3) is 0 Å². The summed E-state index contributed by atoms with van der Waals surface area (Å²) >= 11 is 0. The molecule has 34 N–H and O–H groups in total. The summed E-state index contributed by atoms with van der Waals surface area (Å²) in [7, 11) is -39.3. The standard InChI is InChI=1S/6C8H11N.H6O18P6.8H2O/c6*1-6-3-4-7(2)8(9)5-6;1-19(2)13-20(3,4)15-22(7,8)17-24(11,12)18-23(9,10)16-21(5,6)14-19;;;;;;;;/h6*3-5H,9H2,1-2H3;(H,1,2)(H,3,4)(H,5,6)(H,7,8)(H,9,10)(H,11,12);8*1H2. The van der Waals surface area contributed by atoms with Crippen LogP contribution < -0.4 is 63.8 Å². The van der Waals surface area contributed by atoms with Crippen molar-refractivity contribution in [2.24, 2.45) is 0 Å². The maximum Gasteiger partial charge on any atom is 0.280 e. The quantitative estimate of drug-likeness (QED) is 0.0848. The van der Waals surface area contributed by atoms with Crippen LogP contribution in [0.5, 0.6) is 0 Å². The third-order valence-electron chi connectivity index (χ3n) is 10.2. The molecule has 0 aromatic heterocycles. The minimum absolute atomic E-state index is 0. The molecule has 0 saturated carbocycles. The van der Waals surface area contributed by atoms with E-state index in [0.29, 0.717) is 0 Å². The minimum Gasteiger partial charge on any atom is -0.756 e. The van der Waals surface area contributed by atoms with Gasteiger partial charge < -0.3 is 108 Å². The molecule has 1 fully saturated rings. The average Bonchev–Trinajstić information content (AvgIpc) is 3.25. The highest BCUT2D eigenvalue weighted by molar-refractivity contribution is 7.73. The molecule has 0 spiro atoms. The van der Waals surface area contributed by atoms with Crippen molar-refractivity contribution in [3.05, 3.63) is 176 Å². The zero-order chi connectivity index (χ0) is 60.4. The van der Waals surface area contributed by atoms with E-state index in [-0.39, 0.29) is 43.8 Å². The van der Waals surface area contributed by atoms with Crippen LogP contribution >= 0.6 is 46.9 Å². The van der Waals surface area contributed by atoms with Crippen molar-refractivity contribution in [1.29, 1.82) is 0 Å². The van der Waals surface area contributed by atoms with Crippen LogP contribution in [0.3, 0.4) is 0 Å². The maximum atomic E-state index is 11.0. The molecule has 86 heavy (non-hydrogen) atoms. The van der Waals surface area contributed by atoms with Gasteiger partial charge in [0, 0.05) is 69.8 Å². The lowest BCUT2D eigenvalue weighted by molar-refractivity contribution is -0.264. The first-order chi connectivity index (χ1) is 35.4. The third-order valence-corrected chi connectivity index (χ3v) is 19.8. The third kappa shape index (κ3) is 41.0. The molecule has 496 valence electrons. The lowest BCUT2D eigenvalue weighted by Crippen LogP contribution is -2.41. The van der Waals surface area contributed by atoms with E-state index >= 15 is 0 Å². The fraction of sp³-hybridized carbons (Fsp3) is 0.250. The Labute approximate surface area is 499 Å². The van der Waals surface area contributed by atoms with Crippen molar-refractivity contribution in [2.75, 3.05) is 0 Å². The number of rotatable bonds is 0. The van der Waals surface area contributed by atoms with Crippen molar-refractivity contribution in [3.8, 4) is 0 Å². The summed E-state index contributed by atoms with van der Waals surface area (Å²) in [5, 5.41) is 0. The van der Waals surface area contributed by atoms with Crippen molar-refractivity contribution in [2.45, 2.75) is 83.1 Å². The molecule has 1 heterocycles. The molecular formula is C48H88N6O26P6. The van der Waals surface area contributed by atoms with E-state index in [2.05, 4.69) is 253 Å². The van der Waals surface area contributed by atoms with Crippen LogP contribution in [0.1, 0.15) is 66.8 Å². The summed E-state index contributed by atoms with van der Waals surface area (Å²) in [5.74, 6) is 0. The Morgan fingerprint density at radius 3 is 0.395 bits per heavy atom. The van der Waals surface area contributed by atoms with Crippen molar-refractivity contribution >= 4 is 81.1 Å². The van der Waals surface area contributed by atoms with E-state index in [0.717, 1.165) is 34.1 Å². The van der Waals surface area contributed by atoms with Gasteiger partial charge in [0.15, 0.2) is 0 Å². The Morgan fingerprint density at radius 1 is 0.233 bits per heavy atom. The van der Waals surface area contributed by atoms with Gasteiger partial charge in [-0.2, -0.15) is 0 Å². The molecule has 0 amide bonds. The van der Waals surface area contributed by atoms with Crippen LogP contribution in [0.2, 0.25) is 0 Å². The Hall–Kier alpha value is -4.34. The normalized spacial score (nSPS) is 21.5. The number of benzene rings is 6. The lowest BCUT2D eigenvalue weighted by atomic mass is 10.1. The fourth-order valence-electron chi connectivity index (χ4n) is 5.63. The Bertz CT molecular complexity index is 2720. The average molecular weight is 1350 g/mol. The lowest BCUT2D eigenvalue weighted by Gasteiger charge is -2.41. The van der Waals surface area contributed by atoms with Gasteiger partial charge in [0.2, 0.25) is 0 Å². The smallest absolute Gasteiger partial charge is 0.280 e. The Balaban J connectivity index is -0.000000141. The van der Waals surface area contributed by atoms with E-state index in [1.165, 1.54) is 66.8 Å². The van der Waals surface area contributed by atoms with Crippen LogP contribution in [0.15, 0.2) is 109 Å². The van der Waals surface area contributed by atoms with Gasteiger partial charge in [0.25, 0.3) is 46.9 Å². The van der Waals surface area contributed by atoms with Gasteiger partial charge in [-0.25, -0.2) is 25.9 Å². The monoisotopic (exact) mass is 1350 g/mol. The molecule has 6 aromatic carbocycles. The maximum absolute atomic E-state index is 11.0. The Morgan fingerprint density at radius 2 is 0.326 bits per heavy atom. The first-order valence-corrected chi connectivity index (χ1v) is 31.7. The number of hydrogen-bond donors (Lipinski definition) is 6. The van der Waals surface area contributed by atoms with Crippen molar-refractivity contribution < 1.29 is 161 Å². The predicted octanol–water partition coefficient (Wildman–Crippen LogP) is -2.63. The predicted molar refractivity (Wildman–Crippen MR) is 312 cm³/mol. The highest BCUT2D eigenvalue weighted by Gasteiger charge is 2.36. The SMILES string of the molecule is Cc1ccc(C)c([NH3+])c1.Cc1ccc(C)c([NH3+])c1.Cc1ccc(C)c([NH3+])c1.Cc1ccc(C)c([NH3+])c1.Cc1ccc(C)c([NH3+])c1.Cc1ccc(C)c([NH3+])c1.O.O.O.O.O.O.O.O.O=P1([O-])OP(=O)([O-])OP(=O)([O-])OP(=O)([O-])OP(=O)([O-])OP(=O)([O-])O1. The summed E-state index contributed by atoms with van der Waals surface area (Å²) in [6.45, 7) is 24.9. The number of phosphoric acid groups is 6. The molecule has 1 saturated heterocycles. The van der Waals surface area contributed by atoms with Gasteiger partial charge in [-0.05, 0) is 116 Å². The van der Waals surface area contributed by atoms with E-state index in [9.17, 15) is 56.8 Å². The van der Waals surface area contributed by atoms with Gasteiger partial charge in [0.1, 0.15) is 34.1 Å². The largest absolute Gasteiger partial charge is 0.756 e. The summed E-state index contributed by atoms with van der Waals surface area (Å²) in [4.78, 5) is 65.8. The number of aryl methyl sites for hydroxylation is 12. The molecule has 7 rings (SSSR count). The van der Waals surface area contributed by atoms with Gasteiger partial charge in [0.05, 0.1) is 0 Å². The molecular weight excluding hydrogens is 1260 g/mol. The number of quaternary nitrogens is 6. The summed E-state index contributed by atoms with van der Waals surface area (Å²) in [5.41, 5.74) is 45.4. The summed E-state index contributed by atoms with van der Waals surface area (Å²) in [6, 6.07) is 37.7. The van der Waals surface area contributed by atoms with Gasteiger partial charge in [-0.1, -0.05) is 72.8 Å². The molecule has 0 unspecified atom stereocenters. The van der Waals surface area contributed by atoms with E-state index < -0.39 is 46.9 Å². The van der Waals surface area contributed by atoms with Crippen molar-refractivity contribution in [1.82, 2.24) is 0 Å². The Kier molecular flexibility index (Phi) is 48.5. The second-order valence-electron chi connectivity index (χ2n) is 17.8. The zero-order valence-corrected chi connectivity index (χ0v) is 55.0. The van der Waals surface area contributed by atoms with E-state index in [1.54, 1.807) is 0 Å². The highest BCUT2D eigenvalue weighted by atomic mass is 31.3. The highest BCUT2D eigenvalue weighted by Crippen LogP contribution is 2.74. The molecule has 0 aliphatic carbocycles. The van der Waals surface area contributed by atoms with E-state index in [1.807, 2.05) is 0 Å². The minimum atomic E-state index is -6.56. The van der Waals surface area contributed by atoms with Crippen LogP contribution in [-0.4, -0.2) is 43.8 Å². The first-order valence-electron chi connectivity index (χ1n) is 22.9. The fourth-order valence-corrected chi connectivity index (χ4v) is 13.8. The topological polar surface area (TPSA) is 714 Å². The molecule has 32 nitrogen and oxygen atoms in total. The number of hydrogen-bond acceptors (Lipinski definition) is 18. The molecule has 6 aromatic rings. The van der Waals surface area contributed by atoms with Crippen LogP contribution in [0, 0.1) is 83.1 Å². The molecule has 1 aliphatic heterocycles. The molecule has 38 heteroatoms. The van der Waals surface area contributed by atoms with Crippen LogP contribution in [-0.2, 0) is 53.3 Å². The molecule has 0 atom stereocenters. The molecule has 0 bridgehead atoms. The van der Waals surface area contributed by atoms with Crippen molar-refractivity contribution in [3.63, 3.8) is 0 Å². The molecule has 1 aliphatic rings. The van der Waals surface area contributed by atoms with Crippen LogP contribution in [0.4, 0.5) is 34.1 Å². The van der Waals surface area contributed by atoms with Gasteiger partial charge in [-0.3, -0.25) is 27.4 Å². The first kappa shape index (κ1) is 97.9. The second kappa shape index (κ2) is 42.6.